The lowest BCUT2D eigenvalue weighted by molar-refractivity contribution is -0.137. The first-order valence-electron chi connectivity index (χ1n) is 48.6. The highest BCUT2D eigenvalue weighted by molar-refractivity contribution is 6.04. The Morgan fingerprint density at radius 1 is 0.290 bits per heavy atom. The summed E-state index contributed by atoms with van der Waals surface area (Å²) in [5.41, 5.74) is 11.7. The summed E-state index contributed by atoms with van der Waals surface area (Å²) in [5, 5.41) is 13.9. The summed E-state index contributed by atoms with van der Waals surface area (Å²) in [6.07, 6.45) is 5.27. The topological polar surface area (TPSA) is 448 Å². The molecule has 37 nitrogen and oxygen atoms in total. The summed E-state index contributed by atoms with van der Waals surface area (Å²) in [4.78, 5) is 217. The van der Waals surface area contributed by atoms with Crippen molar-refractivity contribution in [2.24, 2.45) is 63.9 Å². The highest BCUT2D eigenvalue weighted by atomic mass is 16.5. The van der Waals surface area contributed by atoms with E-state index in [4.69, 9.17) is 4.74 Å². The van der Waals surface area contributed by atoms with Gasteiger partial charge in [-0.3, -0.25) is 144 Å². The molecular formula is C108H130N18O19. The average molecular weight is 1980 g/mol. The van der Waals surface area contributed by atoms with E-state index in [9.17, 15) is 86.3 Å². The second kappa shape index (κ2) is 41.2. The molecule has 0 radical (unpaired) electrons. The van der Waals surface area contributed by atoms with Crippen LogP contribution < -0.4 is 70.8 Å². The minimum absolute atomic E-state index is 0.112. The van der Waals surface area contributed by atoms with Crippen LogP contribution >= 0.6 is 0 Å². The Labute approximate surface area is 836 Å². The van der Waals surface area contributed by atoms with Gasteiger partial charge in [0.25, 0.3) is 0 Å². The van der Waals surface area contributed by atoms with Crippen LogP contribution in [0.5, 0.6) is 5.75 Å². The van der Waals surface area contributed by atoms with Crippen LogP contribution in [0.3, 0.4) is 0 Å². The molecule has 6 unspecified atom stereocenters. The fourth-order valence-electron chi connectivity index (χ4n) is 18.9. The fourth-order valence-corrected chi connectivity index (χ4v) is 18.9. The number of rotatable bonds is 9. The maximum Gasteiger partial charge on any atom is 0.329 e. The molecule has 145 heavy (non-hydrogen) atoms. The number of piperidine rings is 6. The van der Waals surface area contributed by atoms with E-state index in [1.54, 1.807) is 74.2 Å². The summed E-state index contributed by atoms with van der Waals surface area (Å²) in [7, 11) is 10.2. The fraction of sp³-hybridized carbons (Fsp3) is 0.463. The normalized spacial score (nSPS) is 18.6. The molecule has 6 fully saturated rings. The zero-order chi connectivity index (χ0) is 107. The summed E-state index contributed by atoms with van der Waals surface area (Å²) >= 11 is 0. The third-order valence-corrected chi connectivity index (χ3v) is 25.6. The van der Waals surface area contributed by atoms with Gasteiger partial charge < -0.3 is 4.74 Å². The van der Waals surface area contributed by atoms with Crippen molar-refractivity contribution in [3.8, 4) is 29.4 Å². The van der Waals surface area contributed by atoms with E-state index in [-0.39, 0.29) is 141 Å². The molecule has 6 aromatic heterocycles. The number of imide groups is 6. The van der Waals surface area contributed by atoms with E-state index < -0.39 is 71.7 Å². The quantitative estimate of drug-likeness (QED) is 0.0577. The summed E-state index contributed by atoms with van der Waals surface area (Å²) in [6.45, 7) is 37.3. The van der Waals surface area contributed by atoms with Crippen molar-refractivity contribution in [3.05, 3.63) is 200 Å². The molecule has 766 valence electrons. The van der Waals surface area contributed by atoms with E-state index in [2.05, 4.69) is 118 Å². The van der Waals surface area contributed by atoms with Gasteiger partial charge in [-0.1, -0.05) is 116 Å². The van der Waals surface area contributed by atoms with Crippen LogP contribution in [0.25, 0.3) is 66.2 Å². The molecule has 0 aliphatic carbocycles. The standard InChI is InChI=1S/2C19H21N3O3.2C18H23N3O3.C17H21N3O4.C17H21N3O3/c1-19(2,3)10-9-12-5-6-13-15(11-12)21(4)18(25)22(13)14-7-8-16(23)20-17(14)24;1-19(2,3)11-10-12-6-5-7-13-16(12)21(4)18(25)22(13)14-8-9-15(23)20-17(14)24;2*1-18(2,3)10-11-5-6-12-14(9-11)20(4)17(24)21(12)13-7-8-15(22)19-16(13)23;1-17(2,3)24-10-5-6-11-13(9-10)19(4)16(23)20(11)12-7-8-14(21)18-15(12)22;1-17(2,3)10-6-5-7-11-14(10)19(4)16(23)20(11)12-8-9-13(21)18-15(12)22/h5-6,11,14H,7-8H2,1-4H3,(H,20,23,24);5-7,14H,8-9H2,1-4H3,(H,20,23,24);2*5-6,9,13H,7-8,10H2,1-4H3,(H,19,22,23);5-6,9,12H,7-8H2,1-4H3,(H,18,21,22);5-7,12H,8-9H2,1-4H3,(H,18,21,22). The molecule has 12 amide bonds. The molecule has 18 rings (SSSR count). The van der Waals surface area contributed by atoms with Gasteiger partial charge in [-0.15, -0.1) is 0 Å². The summed E-state index contributed by atoms with van der Waals surface area (Å²) < 4.78 is 24.1. The lowest BCUT2D eigenvalue weighted by atomic mass is 9.86. The number of carbonyl (C=O) groups is 12. The molecule has 6 aromatic carbocycles. The largest absolute Gasteiger partial charge is 0.488 e. The highest BCUT2D eigenvalue weighted by Crippen LogP contribution is 2.36. The number of fused-ring (bicyclic) bond motifs is 6. The lowest BCUT2D eigenvalue weighted by Crippen LogP contribution is -2.44. The van der Waals surface area contributed by atoms with Crippen molar-refractivity contribution in [1.82, 2.24) is 86.7 Å². The monoisotopic (exact) mass is 1980 g/mol. The molecule has 6 aliphatic rings. The van der Waals surface area contributed by atoms with Gasteiger partial charge in [0.15, 0.2) is 0 Å². The molecule has 6 atom stereocenters. The van der Waals surface area contributed by atoms with Gasteiger partial charge in [0.05, 0.1) is 71.8 Å². The van der Waals surface area contributed by atoms with Crippen molar-refractivity contribution in [2.75, 3.05) is 0 Å². The highest BCUT2D eigenvalue weighted by Gasteiger charge is 2.40. The second-order valence-corrected chi connectivity index (χ2v) is 44.4. The van der Waals surface area contributed by atoms with Crippen molar-refractivity contribution in [1.29, 1.82) is 0 Å². The number of amides is 12. The SMILES string of the molecule is Cn1c(=O)n(C2CCC(=O)NC2=O)c2ccc(C#CC(C)(C)C)cc21.Cn1c(=O)n(C2CCC(=O)NC2=O)c2ccc(CC(C)(C)C)cc21.Cn1c(=O)n(C2CCC(=O)NC2=O)c2ccc(CC(C)(C)C)cc21.Cn1c(=O)n(C2CCC(=O)NC2=O)c2ccc(OC(C)(C)C)cc21.Cn1c(=O)n(C2CCC(=O)NC2=O)c2cccc(C#CC(C)(C)C)c21.Cn1c(=O)n(C2CCC(=O)NC2=O)c2cccc(C(C)(C)C)c21. The number of imidazole rings is 6. The van der Waals surface area contributed by atoms with E-state index in [0.29, 0.717) is 71.9 Å². The second-order valence-electron chi connectivity index (χ2n) is 44.4. The van der Waals surface area contributed by atoms with E-state index in [0.717, 1.165) is 79.3 Å². The van der Waals surface area contributed by atoms with Gasteiger partial charge >= 0.3 is 34.1 Å². The van der Waals surface area contributed by atoms with Crippen LogP contribution in [0.2, 0.25) is 0 Å². The van der Waals surface area contributed by atoms with Gasteiger partial charge in [-0.25, -0.2) is 28.8 Å². The lowest BCUT2D eigenvalue weighted by Gasteiger charge is -2.23. The molecule has 37 heteroatoms. The number of benzene rings is 6. The molecule has 6 saturated heterocycles. The Bertz CT molecular complexity index is 7530. The van der Waals surface area contributed by atoms with E-state index in [1.807, 2.05) is 153 Å². The smallest absolute Gasteiger partial charge is 0.329 e. The number of hydrogen-bond donors (Lipinski definition) is 6. The van der Waals surface area contributed by atoms with Crippen molar-refractivity contribution in [3.63, 3.8) is 0 Å². The van der Waals surface area contributed by atoms with Crippen LogP contribution in [-0.2, 0) is 118 Å². The number of aryl methyl sites for hydroxylation is 6. The summed E-state index contributed by atoms with van der Waals surface area (Å²) in [5.74, 6) is 9.05. The van der Waals surface area contributed by atoms with Crippen LogP contribution in [0.1, 0.15) is 266 Å². The molecule has 12 heterocycles. The number of ether oxygens (including phenoxy) is 1. The molecule has 6 aliphatic heterocycles. The minimum Gasteiger partial charge on any atom is -0.488 e. The number of carbonyl (C=O) groups excluding carboxylic acids is 12. The predicted octanol–water partition coefficient (Wildman–Crippen LogP) is 10.4. The number of nitrogens with zero attached hydrogens (tertiary/aromatic N) is 12. The third-order valence-electron chi connectivity index (χ3n) is 25.6. The first-order valence-corrected chi connectivity index (χ1v) is 48.6. The Hall–Kier alpha value is -15.3. The van der Waals surface area contributed by atoms with Gasteiger partial charge in [-0.05, 0) is 219 Å². The van der Waals surface area contributed by atoms with Gasteiger partial charge in [-0.2, -0.15) is 0 Å². The number of nitrogens with one attached hydrogen (secondary N) is 6. The number of para-hydroxylation sites is 2. The third kappa shape index (κ3) is 23.6. The molecule has 6 N–H and O–H groups in total. The zero-order valence-corrected chi connectivity index (χ0v) is 86.9. The molecule has 0 spiro atoms. The zero-order valence-electron chi connectivity index (χ0n) is 86.9. The van der Waals surface area contributed by atoms with E-state index in [1.165, 1.54) is 41.1 Å². The van der Waals surface area contributed by atoms with Gasteiger partial charge in [0.1, 0.15) is 47.6 Å². The maximum atomic E-state index is 12.8. The summed E-state index contributed by atoms with van der Waals surface area (Å²) in [6, 6.07) is 30.1. The Morgan fingerprint density at radius 2 is 0.566 bits per heavy atom. The number of hydrogen-bond acceptors (Lipinski definition) is 19. The van der Waals surface area contributed by atoms with Crippen LogP contribution in [0, 0.1) is 45.3 Å². The maximum absolute atomic E-state index is 12.8. The molecule has 0 bridgehead atoms. The van der Waals surface area contributed by atoms with E-state index >= 15 is 0 Å². The predicted molar refractivity (Wildman–Crippen MR) is 550 cm³/mol. The van der Waals surface area contributed by atoms with Crippen molar-refractivity contribution < 1.29 is 62.3 Å². The molecule has 12 aromatic rings. The molecular weight excluding hydrogens is 1850 g/mol. The first-order chi connectivity index (χ1) is 67.6. The van der Waals surface area contributed by atoms with Crippen LogP contribution in [-0.4, -0.2) is 131 Å². The van der Waals surface area contributed by atoms with Crippen molar-refractivity contribution in [2.45, 2.75) is 262 Å². The van der Waals surface area contributed by atoms with Gasteiger partial charge in [0, 0.05) is 103 Å². The van der Waals surface area contributed by atoms with Crippen LogP contribution in [0.4, 0.5) is 0 Å². The Kier molecular flexibility index (Phi) is 30.4. The molecule has 0 saturated carbocycles. The van der Waals surface area contributed by atoms with Crippen LogP contribution in [0.15, 0.2) is 138 Å². The average Bonchev–Trinajstić information content (AvgIpc) is 1.60. The first kappa shape index (κ1) is 107. The Morgan fingerprint density at radius 3 is 0.876 bits per heavy atom. The minimum atomic E-state index is -0.681. The van der Waals surface area contributed by atoms with Crippen molar-refractivity contribution >= 4 is 137 Å². The van der Waals surface area contributed by atoms with Gasteiger partial charge in [0.2, 0.25) is 70.9 Å². The Balaban J connectivity index is 0.000000146. The number of aromatic nitrogens is 12.